The summed E-state index contributed by atoms with van der Waals surface area (Å²) in [5, 5.41) is 14.0. The van der Waals surface area contributed by atoms with Crippen LogP contribution in [0.15, 0.2) is 54.7 Å². The van der Waals surface area contributed by atoms with Crippen molar-refractivity contribution in [1.29, 1.82) is 5.26 Å². The Hall–Kier alpha value is -3.24. The van der Waals surface area contributed by atoms with Crippen molar-refractivity contribution in [3.63, 3.8) is 0 Å². The van der Waals surface area contributed by atoms with E-state index in [4.69, 9.17) is 0 Å². The first-order valence-corrected chi connectivity index (χ1v) is 11.1. The first-order valence-electron chi connectivity index (χ1n) is 11.1. The Morgan fingerprint density at radius 3 is 2.38 bits per heavy atom. The van der Waals surface area contributed by atoms with Gasteiger partial charge in [-0.05, 0) is 49.6 Å². The van der Waals surface area contributed by atoms with E-state index in [0.29, 0.717) is 23.3 Å². The van der Waals surface area contributed by atoms with Gasteiger partial charge in [0, 0.05) is 50.0 Å². The maximum absolute atomic E-state index is 13.6. The molecule has 2 aromatic carbocycles. The van der Waals surface area contributed by atoms with Crippen LogP contribution in [0, 0.1) is 23.0 Å². The van der Waals surface area contributed by atoms with Crippen molar-refractivity contribution in [2.75, 3.05) is 31.1 Å². The number of anilines is 1. The van der Waals surface area contributed by atoms with Gasteiger partial charge >= 0.3 is 0 Å². The maximum Gasteiger partial charge on any atom is 0.126 e. The quantitative estimate of drug-likeness (QED) is 0.603. The summed E-state index contributed by atoms with van der Waals surface area (Å²) in [6, 6.07) is 16.2. The van der Waals surface area contributed by atoms with Crippen molar-refractivity contribution >= 4 is 5.69 Å². The number of benzene rings is 2. The molecule has 1 saturated heterocycles. The van der Waals surface area contributed by atoms with Gasteiger partial charge in [0.1, 0.15) is 17.7 Å². The predicted octanol–water partition coefficient (Wildman–Crippen LogP) is 4.62. The van der Waals surface area contributed by atoms with E-state index in [9.17, 15) is 14.0 Å². The molecule has 5 rings (SSSR count). The average Bonchev–Trinajstić information content (AvgIpc) is 3.48. The summed E-state index contributed by atoms with van der Waals surface area (Å²) >= 11 is 0. The molecule has 3 aromatic rings. The lowest BCUT2D eigenvalue weighted by Gasteiger charge is -2.39. The Morgan fingerprint density at radius 2 is 1.62 bits per heavy atom. The minimum absolute atomic E-state index is 0.296. The summed E-state index contributed by atoms with van der Waals surface area (Å²) in [4.78, 5) is 4.86. The van der Waals surface area contributed by atoms with Crippen LogP contribution < -0.4 is 4.90 Å². The normalized spacial score (nSPS) is 21.6. The topological polar surface area (TPSA) is 48.1 Å². The van der Waals surface area contributed by atoms with Gasteiger partial charge in [0.05, 0.1) is 23.0 Å². The summed E-state index contributed by atoms with van der Waals surface area (Å²) in [5.74, 6) is -1.18. The van der Waals surface area contributed by atoms with Crippen LogP contribution in [0.4, 0.5) is 14.5 Å². The van der Waals surface area contributed by atoms with Gasteiger partial charge in [0.25, 0.3) is 0 Å². The number of rotatable bonds is 4. The molecule has 0 unspecified atom stereocenters. The molecule has 0 spiro atoms. The molecule has 1 saturated carbocycles. The van der Waals surface area contributed by atoms with E-state index < -0.39 is 11.6 Å². The Labute approximate surface area is 186 Å². The summed E-state index contributed by atoms with van der Waals surface area (Å²) < 4.78 is 29.1. The van der Waals surface area contributed by atoms with E-state index in [2.05, 4.69) is 21.0 Å². The fourth-order valence-corrected chi connectivity index (χ4v) is 5.08. The molecule has 0 amide bonds. The third-order valence-electron chi connectivity index (χ3n) is 6.71. The highest BCUT2D eigenvalue weighted by atomic mass is 19.1. The molecule has 2 aliphatic rings. The molecule has 0 radical (unpaired) electrons. The number of hydrogen-bond acceptors (Lipinski definition) is 4. The molecule has 32 heavy (non-hydrogen) atoms. The van der Waals surface area contributed by atoms with Crippen LogP contribution in [-0.2, 0) is 0 Å². The number of para-hydroxylation sites is 1. The van der Waals surface area contributed by atoms with Crippen molar-refractivity contribution in [2.45, 2.75) is 31.3 Å². The lowest BCUT2D eigenvalue weighted by atomic mass is 10.1. The highest BCUT2D eigenvalue weighted by Gasteiger charge is 2.32. The Bertz CT molecular complexity index is 1120. The third kappa shape index (κ3) is 4.11. The van der Waals surface area contributed by atoms with Crippen LogP contribution in [0.5, 0.6) is 0 Å². The molecule has 2 heterocycles. The Morgan fingerprint density at radius 1 is 0.906 bits per heavy atom. The lowest BCUT2D eigenvalue weighted by Crippen LogP contribution is -2.50. The summed E-state index contributed by atoms with van der Waals surface area (Å²) in [5.41, 5.74) is 2.81. The Kier molecular flexibility index (Phi) is 5.62. The minimum atomic E-state index is -0.591. The molecule has 1 aliphatic heterocycles. The molecular formula is C25H25F2N5. The van der Waals surface area contributed by atoms with Crippen molar-refractivity contribution in [3.05, 3.63) is 71.9 Å². The first-order chi connectivity index (χ1) is 15.6. The summed E-state index contributed by atoms with van der Waals surface area (Å²) in [7, 11) is 0. The second kappa shape index (κ2) is 8.71. The van der Waals surface area contributed by atoms with Gasteiger partial charge < -0.3 is 4.90 Å². The van der Waals surface area contributed by atoms with Crippen molar-refractivity contribution in [3.8, 4) is 17.3 Å². The molecule has 2 fully saturated rings. The van der Waals surface area contributed by atoms with E-state index in [1.165, 1.54) is 12.1 Å². The van der Waals surface area contributed by atoms with Gasteiger partial charge in [0.2, 0.25) is 0 Å². The molecule has 2 atom stereocenters. The fraction of sp³-hybridized carbons (Fsp3) is 0.360. The zero-order chi connectivity index (χ0) is 22.1. The van der Waals surface area contributed by atoms with Gasteiger partial charge in [-0.2, -0.15) is 10.4 Å². The average molecular weight is 434 g/mol. The van der Waals surface area contributed by atoms with E-state index in [1.54, 1.807) is 0 Å². The lowest BCUT2D eigenvalue weighted by molar-refractivity contribution is 0.183. The second-order valence-electron chi connectivity index (χ2n) is 8.61. The van der Waals surface area contributed by atoms with Crippen LogP contribution in [0.25, 0.3) is 11.3 Å². The zero-order valence-corrected chi connectivity index (χ0v) is 17.8. The molecule has 164 valence electrons. The SMILES string of the molecule is N#Cc1ccccc1N1CCN([C@H]2CC[C@@H](n3ccc(-c4cc(F)cc(F)c4)n3)C2)CC1. The number of nitriles is 1. The van der Waals surface area contributed by atoms with E-state index in [0.717, 1.165) is 62.8 Å². The zero-order valence-electron chi connectivity index (χ0n) is 17.8. The van der Waals surface area contributed by atoms with Crippen molar-refractivity contribution in [1.82, 2.24) is 14.7 Å². The van der Waals surface area contributed by atoms with Crippen LogP contribution in [-0.4, -0.2) is 46.9 Å². The molecule has 0 N–H and O–H groups in total. The maximum atomic E-state index is 13.6. The fourth-order valence-electron chi connectivity index (χ4n) is 5.08. The highest BCUT2D eigenvalue weighted by Crippen LogP contribution is 2.34. The van der Waals surface area contributed by atoms with E-state index in [-0.39, 0.29) is 0 Å². The third-order valence-corrected chi connectivity index (χ3v) is 6.71. The van der Waals surface area contributed by atoms with Crippen LogP contribution in [0.1, 0.15) is 30.9 Å². The molecule has 1 aliphatic carbocycles. The van der Waals surface area contributed by atoms with Crippen molar-refractivity contribution < 1.29 is 8.78 Å². The van der Waals surface area contributed by atoms with Crippen LogP contribution >= 0.6 is 0 Å². The number of piperazine rings is 1. The number of hydrogen-bond donors (Lipinski definition) is 0. The molecule has 1 aromatic heterocycles. The summed E-state index contributed by atoms with van der Waals surface area (Å²) in [6.45, 7) is 3.78. The van der Waals surface area contributed by atoms with Gasteiger partial charge in [-0.25, -0.2) is 8.78 Å². The van der Waals surface area contributed by atoms with E-state index in [1.807, 2.05) is 41.2 Å². The van der Waals surface area contributed by atoms with Crippen LogP contribution in [0.3, 0.4) is 0 Å². The Balaban J connectivity index is 1.21. The van der Waals surface area contributed by atoms with Gasteiger partial charge in [0.15, 0.2) is 0 Å². The highest BCUT2D eigenvalue weighted by molar-refractivity contribution is 5.60. The monoisotopic (exact) mass is 433 g/mol. The number of halogens is 2. The second-order valence-corrected chi connectivity index (χ2v) is 8.61. The summed E-state index contributed by atoms with van der Waals surface area (Å²) in [6.07, 6.45) is 5.10. The minimum Gasteiger partial charge on any atom is -0.368 e. The van der Waals surface area contributed by atoms with E-state index >= 15 is 0 Å². The predicted molar refractivity (Wildman–Crippen MR) is 119 cm³/mol. The van der Waals surface area contributed by atoms with Crippen molar-refractivity contribution in [2.24, 2.45) is 0 Å². The smallest absolute Gasteiger partial charge is 0.126 e. The number of nitrogens with zero attached hydrogens (tertiary/aromatic N) is 5. The van der Waals surface area contributed by atoms with Gasteiger partial charge in [-0.15, -0.1) is 0 Å². The standard InChI is InChI=1S/C25H25F2N5/c26-20-13-19(14-21(27)15-20)24-7-8-32(29-24)23-6-5-22(16-23)30-9-11-31(12-10-30)25-4-2-1-3-18(25)17-28/h1-4,7-8,13-15,22-23H,5-6,9-12,16H2/t22-,23+/m0/s1. The van der Waals surface area contributed by atoms with Gasteiger partial charge in [-0.1, -0.05) is 12.1 Å². The molecule has 5 nitrogen and oxygen atoms in total. The number of aromatic nitrogens is 2. The van der Waals surface area contributed by atoms with Gasteiger partial charge in [-0.3, -0.25) is 9.58 Å². The molecule has 7 heteroatoms. The first kappa shape index (κ1) is 20.7. The van der Waals surface area contributed by atoms with Crippen LogP contribution in [0.2, 0.25) is 0 Å². The molecule has 0 bridgehead atoms. The molecular weight excluding hydrogens is 408 g/mol. The largest absolute Gasteiger partial charge is 0.368 e.